The van der Waals surface area contributed by atoms with Gasteiger partial charge in [-0.05, 0) is 37.1 Å². The second kappa shape index (κ2) is 10.4. The zero-order valence-electron chi connectivity index (χ0n) is 22.3. The van der Waals surface area contributed by atoms with Crippen molar-refractivity contribution in [1.29, 1.82) is 0 Å². The third-order valence-corrected chi connectivity index (χ3v) is 6.73. The number of para-hydroxylation sites is 1. The maximum absolute atomic E-state index is 12.8. The number of nitrogens with zero attached hydrogens (tertiary/aromatic N) is 5. The topological polar surface area (TPSA) is 185 Å². The maximum Gasteiger partial charge on any atom is 0.374 e. The zero-order valence-corrected chi connectivity index (χ0v) is 22.3. The summed E-state index contributed by atoms with van der Waals surface area (Å²) in [7, 11) is 0. The molecule has 15 nitrogen and oxygen atoms in total. The quantitative estimate of drug-likeness (QED) is 0.284. The molecule has 3 aromatic heterocycles. The number of hydrogen-bond donors (Lipinski definition) is 3. The van der Waals surface area contributed by atoms with Crippen LogP contribution in [0.1, 0.15) is 43.1 Å². The van der Waals surface area contributed by atoms with E-state index in [1.807, 2.05) is 31.2 Å². The Labute approximate surface area is 232 Å². The minimum atomic E-state index is -1.26. The summed E-state index contributed by atoms with van der Waals surface area (Å²) in [4.78, 5) is 36.9. The SMILES string of the molecule is CCc1ccccc1NC(=O)Nc1ncnc2c1ncn2C1OC(COc2cc(C(=O)O)on2)C2OC(C)(C)OC21. The summed E-state index contributed by atoms with van der Waals surface area (Å²) in [6, 6.07) is 8.25. The first-order valence-corrected chi connectivity index (χ1v) is 12.9. The molecule has 2 aliphatic rings. The number of aromatic nitrogens is 5. The van der Waals surface area contributed by atoms with Crippen molar-refractivity contribution in [3.8, 4) is 5.88 Å². The molecule has 0 bridgehead atoms. The van der Waals surface area contributed by atoms with Crippen molar-refractivity contribution in [2.75, 3.05) is 17.2 Å². The molecule has 4 atom stereocenters. The fourth-order valence-corrected chi connectivity index (χ4v) is 4.95. The molecule has 4 unspecified atom stereocenters. The van der Waals surface area contributed by atoms with Crippen LogP contribution in [0.2, 0.25) is 0 Å². The minimum Gasteiger partial charge on any atom is -0.475 e. The summed E-state index contributed by atoms with van der Waals surface area (Å²) in [6.07, 6.45) is 1.22. The van der Waals surface area contributed by atoms with Crippen molar-refractivity contribution in [2.45, 2.75) is 57.5 Å². The van der Waals surface area contributed by atoms with Crippen molar-refractivity contribution >= 4 is 34.7 Å². The van der Waals surface area contributed by atoms with Gasteiger partial charge in [0.2, 0.25) is 5.76 Å². The van der Waals surface area contributed by atoms with Crippen LogP contribution < -0.4 is 15.4 Å². The molecule has 3 N–H and O–H groups in total. The molecule has 15 heteroatoms. The van der Waals surface area contributed by atoms with E-state index in [4.69, 9.17) is 28.6 Å². The highest BCUT2D eigenvalue weighted by atomic mass is 16.8. The Morgan fingerprint density at radius 2 is 1.93 bits per heavy atom. The van der Waals surface area contributed by atoms with Crippen LogP contribution in [0, 0.1) is 0 Å². The van der Waals surface area contributed by atoms with Gasteiger partial charge in [-0.15, -0.1) is 0 Å². The molecule has 0 radical (unpaired) electrons. The Hall–Kier alpha value is -4.60. The van der Waals surface area contributed by atoms with Crippen LogP contribution in [0.5, 0.6) is 5.88 Å². The highest BCUT2D eigenvalue weighted by molar-refractivity contribution is 6.03. The molecule has 214 valence electrons. The lowest BCUT2D eigenvalue weighted by atomic mass is 10.1. The normalized spacial score (nSPS) is 22.9. The number of aromatic carboxylic acids is 1. The molecular weight excluding hydrogens is 538 g/mol. The van der Waals surface area contributed by atoms with Gasteiger partial charge in [0.15, 0.2) is 29.0 Å². The second-order valence-electron chi connectivity index (χ2n) is 9.91. The van der Waals surface area contributed by atoms with Gasteiger partial charge in [-0.1, -0.05) is 25.1 Å². The molecule has 0 saturated carbocycles. The number of hydrogen-bond acceptors (Lipinski definition) is 11. The number of carbonyl (C=O) groups excluding carboxylic acids is 1. The van der Waals surface area contributed by atoms with Crippen molar-refractivity contribution in [3.05, 3.63) is 54.3 Å². The highest BCUT2D eigenvalue weighted by Crippen LogP contribution is 2.44. The van der Waals surface area contributed by atoms with E-state index in [2.05, 4.69) is 30.7 Å². The Balaban J connectivity index is 1.22. The molecule has 2 aliphatic heterocycles. The number of imidazole rings is 1. The third-order valence-electron chi connectivity index (χ3n) is 6.73. The number of ether oxygens (including phenoxy) is 4. The van der Waals surface area contributed by atoms with Crippen molar-refractivity contribution < 1.29 is 38.2 Å². The molecule has 1 aromatic carbocycles. The van der Waals surface area contributed by atoms with E-state index in [0.29, 0.717) is 16.9 Å². The average molecular weight is 566 g/mol. The van der Waals surface area contributed by atoms with E-state index in [-0.39, 0.29) is 24.1 Å². The van der Waals surface area contributed by atoms with Gasteiger partial charge in [-0.3, -0.25) is 9.88 Å². The van der Waals surface area contributed by atoms with Crippen LogP contribution in [0.15, 0.2) is 47.5 Å². The number of amides is 2. The summed E-state index contributed by atoms with van der Waals surface area (Å²) in [5.41, 5.74) is 2.46. The van der Waals surface area contributed by atoms with Crippen LogP contribution in [-0.4, -0.2) is 72.5 Å². The lowest BCUT2D eigenvalue weighted by Gasteiger charge is -2.24. The molecule has 0 spiro atoms. The fraction of sp³-hybridized carbons (Fsp3) is 0.385. The fourth-order valence-electron chi connectivity index (χ4n) is 4.95. The smallest absolute Gasteiger partial charge is 0.374 e. The number of nitrogens with one attached hydrogen (secondary N) is 2. The lowest BCUT2D eigenvalue weighted by Crippen LogP contribution is -2.34. The standard InChI is InChI=1S/C26H27N7O8/c1-4-13-7-5-6-8-14(13)30-25(36)31-21-18-22(28-11-27-21)33(12-29-18)23-20-19(39-26(2,3)40-20)16(38-23)10-37-17-9-15(24(34)35)41-32-17/h5-9,11-12,16,19-20,23H,4,10H2,1-3H3,(H,34,35)(H2,27,28,30,31,36). The van der Waals surface area contributed by atoms with E-state index >= 15 is 0 Å². The molecule has 5 heterocycles. The van der Waals surface area contributed by atoms with Gasteiger partial charge in [-0.2, -0.15) is 0 Å². The van der Waals surface area contributed by atoms with E-state index in [9.17, 15) is 9.59 Å². The number of aryl methyl sites for hydroxylation is 1. The maximum atomic E-state index is 12.8. The van der Waals surface area contributed by atoms with E-state index < -0.39 is 42.3 Å². The number of benzene rings is 1. The van der Waals surface area contributed by atoms with Gasteiger partial charge in [0, 0.05) is 5.69 Å². The van der Waals surface area contributed by atoms with Crippen LogP contribution >= 0.6 is 0 Å². The molecule has 2 fully saturated rings. The van der Waals surface area contributed by atoms with Crippen LogP contribution in [-0.2, 0) is 20.6 Å². The molecule has 2 amide bonds. The zero-order chi connectivity index (χ0) is 28.7. The van der Waals surface area contributed by atoms with Crippen molar-refractivity contribution in [2.24, 2.45) is 0 Å². The van der Waals surface area contributed by atoms with Crippen LogP contribution in [0.4, 0.5) is 16.3 Å². The Bertz CT molecular complexity index is 1600. The van der Waals surface area contributed by atoms with Gasteiger partial charge in [0.1, 0.15) is 31.2 Å². The second-order valence-corrected chi connectivity index (χ2v) is 9.91. The number of anilines is 2. The molecule has 0 aliphatic carbocycles. The summed E-state index contributed by atoms with van der Waals surface area (Å²) in [5.74, 6) is -2.28. The number of fused-ring (bicyclic) bond motifs is 2. The van der Waals surface area contributed by atoms with Gasteiger partial charge in [0.25, 0.3) is 5.88 Å². The third kappa shape index (κ3) is 5.17. The number of rotatable bonds is 8. The van der Waals surface area contributed by atoms with Gasteiger partial charge in [0.05, 0.1) is 12.4 Å². The number of carbonyl (C=O) groups is 2. The number of carboxylic acids is 1. The van der Waals surface area contributed by atoms with Crippen molar-refractivity contribution in [3.63, 3.8) is 0 Å². The predicted octanol–water partition coefficient (Wildman–Crippen LogP) is 3.22. The predicted molar refractivity (Wildman–Crippen MR) is 140 cm³/mol. The summed E-state index contributed by atoms with van der Waals surface area (Å²) in [6.45, 7) is 5.58. The monoisotopic (exact) mass is 565 g/mol. The molecule has 6 rings (SSSR count). The van der Waals surface area contributed by atoms with Crippen LogP contribution in [0.25, 0.3) is 11.2 Å². The van der Waals surface area contributed by atoms with E-state index in [1.54, 1.807) is 18.4 Å². The van der Waals surface area contributed by atoms with Crippen LogP contribution in [0.3, 0.4) is 0 Å². The Kier molecular flexibility index (Phi) is 6.76. The first-order chi connectivity index (χ1) is 19.7. The Morgan fingerprint density at radius 3 is 2.71 bits per heavy atom. The minimum absolute atomic E-state index is 0.000509. The van der Waals surface area contributed by atoms with Gasteiger partial charge < -0.3 is 33.9 Å². The largest absolute Gasteiger partial charge is 0.475 e. The number of urea groups is 1. The summed E-state index contributed by atoms with van der Waals surface area (Å²) >= 11 is 0. The molecule has 4 aromatic rings. The average Bonchev–Trinajstić information content (AvgIpc) is 3.71. The summed E-state index contributed by atoms with van der Waals surface area (Å²) in [5, 5.41) is 18.3. The van der Waals surface area contributed by atoms with Crippen molar-refractivity contribution in [1.82, 2.24) is 24.7 Å². The molecule has 2 saturated heterocycles. The summed E-state index contributed by atoms with van der Waals surface area (Å²) < 4.78 is 30.6. The van der Waals surface area contributed by atoms with Gasteiger partial charge >= 0.3 is 12.0 Å². The lowest BCUT2D eigenvalue weighted by molar-refractivity contribution is -0.199. The van der Waals surface area contributed by atoms with E-state index in [1.165, 1.54) is 18.7 Å². The Morgan fingerprint density at radius 1 is 1.12 bits per heavy atom. The highest BCUT2D eigenvalue weighted by Gasteiger charge is 2.56. The van der Waals surface area contributed by atoms with E-state index in [0.717, 1.165) is 12.0 Å². The molecule has 41 heavy (non-hydrogen) atoms. The number of carboxylic acid groups (broad SMARTS) is 1. The first-order valence-electron chi connectivity index (χ1n) is 12.9. The first kappa shape index (κ1) is 26.6. The molecular formula is C26H27N7O8. The van der Waals surface area contributed by atoms with Gasteiger partial charge in [-0.25, -0.2) is 24.5 Å².